The second-order valence-corrected chi connectivity index (χ2v) is 7.45. The highest BCUT2D eigenvalue weighted by Crippen LogP contribution is 2.20. The van der Waals surface area contributed by atoms with Crippen molar-refractivity contribution in [3.05, 3.63) is 30.1 Å². The van der Waals surface area contributed by atoms with E-state index >= 15 is 0 Å². The highest BCUT2D eigenvalue weighted by molar-refractivity contribution is 5.78. The molecule has 1 amide bonds. The number of anilines is 1. The summed E-state index contributed by atoms with van der Waals surface area (Å²) in [5, 5.41) is 3.19. The molecule has 0 aromatic heterocycles. The number of nitrogens with one attached hydrogen (secondary N) is 1. The molecule has 0 spiro atoms. The number of piperidine rings is 1. The smallest absolute Gasteiger partial charge is 0.234 e. The van der Waals surface area contributed by atoms with Crippen molar-refractivity contribution in [2.75, 3.05) is 51.7 Å². The molecular weight excluding hydrogens is 319 g/mol. The van der Waals surface area contributed by atoms with Crippen molar-refractivity contribution in [2.24, 2.45) is 0 Å². The van der Waals surface area contributed by atoms with E-state index in [9.17, 15) is 9.18 Å². The summed E-state index contributed by atoms with van der Waals surface area (Å²) in [6.45, 7) is 4.26. The van der Waals surface area contributed by atoms with Crippen molar-refractivity contribution in [3.63, 3.8) is 0 Å². The average molecular weight is 348 g/mol. The van der Waals surface area contributed by atoms with E-state index < -0.39 is 0 Å². The predicted octanol–water partition coefficient (Wildman–Crippen LogP) is 1.55. The van der Waals surface area contributed by atoms with Crippen LogP contribution in [0.15, 0.2) is 24.3 Å². The van der Waals surface area contributed by atoms with Gasteiger partial charge >= 0.3 is 0 Å². The fourth-order valence-electron chi connectivity index (χ4n) is 3.79. The van der Waals surface area contributed by atoms with Crippen molar-refractivity contribution in [3.8, 4) is 0 Å². The number of amides is 1. The minimum Gasteiger partial charge on any atom is -0.371 e. The van der Waals surface area contributed by atoms with Crippen LogP contribution in [0, 0.1) is 5.82 Å². The van der Waals surface area contributed by atoms with E-state index in [2.05, 4.69) is 34.1 Å². The fourth-order valence-corrected chi connectivity index (χ4v) is 3.79. The third-order valence-electron chi connectivity index (χ3n) is 5.40. The largest absolute Gasteiger partial charge is 0.371 e. The summed E-state index contributed by atoms with van der Waals surface area (Å²) in [7, 11) is 4.20. The summed E-state index contributed by atoms with van der Waals surface area (Å²) in [6.07, 6.45) is 3.00. The van der Waals surface area contributed by atoms with Gasteiger partial charge in [-0.25, -0.2) is 4.39 Å². The molecule has 1 N–H and O–H groups in total. The zero-order valence-electron chi connectivity index (χ0n) is 15.2. The number of carbonyl (C=O) groups excluding carboxylic acids is 1. The summed E-state index contributed by atoms with van der Waals surface area (Å²) in [5.74, 6) is -0.0658. The zero-order valence-corrected chi connectivity index (χ0v) is 15.2. The summed E-state index contributed by atoms with van der Waals surface area (Å²) < 4.78 is 13.0. The highest BCUT2D eigenvalue weighted by Gasteiger charge is 2.26. The lowest BCUT2D eigenvalue weighted by Gasteiger charge is -2.34. The van der Waals surface area contributed by atoms with Crippen LogP contribution in [0.4, 0.5) is 10.1 Å². The van der Waals surface area contributed by atoms with Gasteiger partial charge in [0.1, 0.15) is 5.82 Å². The summed E-state index contributed by atoms with van der Waals surface area (Å²) in [5.41, 5.74) is 1.05. The predicted molar refractivity (Wildman–Crippen MR) is 98.3 cm³/mol. The third kappa shape index (κ3) is 4.92. The first-order valence-electron chi connectivity index (χ1n) is 9.20. The second kappa shape index (κ2) is 8.15. The van der Waals surface area contributed by atoms with Crippen LogP contribution in [0.3, 0.4) is 0 Å². The number of rotatable bonds is 5. The molecule has 2 heterocycles. The maximum atomic E-state index is 13.0. The Morgan fingerprint density at radius 3 is 2.44 bits per heavy atom. The fraction of sp³-hybridized carbons (Fsp3) is 0.632. The topological polar surface area (TPSA) is 38.8 Å². The van der Waals surface area contributed by atoms with Gasteiger partial charge in [-0.2, -0.15) is 0 Å². The van der Waals surface area contributed by atoms with E-state index in [1.54, 1.807) is 0 Å². The number of likely N-dealkylation sites (tertiary alicyclic amines) is 1. The molecule has 25 heavy (non-hydrogen) atoms. The highest BCUT2D eigenvalue weighted by atomic mass is 19.1. The first kappa shape index (κ1) is 18.1. The number of hydrogen-bond acceptors (Lipinski definition) is 4. The minimum atomic E-state index is -0.204. The number of nitrogens with zero attached hydrogens (tertiary/aromatic N) is 3. The quantitative estimate of drug-likeness (QED) is 0.876. The molecule has 0 aliphatic carbocycles. The first-order chi connectivity index (χ1) is 12.0. The van der Waals surface area contributed by atoms with Gasteiger partial charge in [0.05, 0.1) is 6.54 Å². The van der Waals surface area contributed by atoms with Crippen LogP contribution in [0.2, 0.25) is 0 Å². The van der Waals surface area contributed by atoms with Crippen molar-refractivity contribution in [2.45, 2.75) is 31.3 Å². The number of carbonyl (C=O) groups is 1. The lowest BCUT2D eigenvalue weighted by atomic mass is 10.0. The summed E-state index contributed by atoms with van der Waals surface area (Å²) >= 11 is 0. The SMILES string of the molecule is CN(C)[C@H]1CCN(CC(=O)NC2CCN(c3ccc(F)cc3)CC2)C1. The molecule has 5 nitrogen and oxygen atoms in total. The van der Waals surface area contributed by atoms with Crippen molar-refractivity contribution >= 4 is 11.6 Å². The number of halogens is 1. The zero-order chi connectivity index (χ0) is 17.8. The Hall–Kier alpha value is -1.66. The molecule has 2 aliphatic rings. The van der Waals surface area contributed by atoms with E-state index in [4.69, 9.17) is 0 Å². The van der Waals surface area contributed by atoms with Gasteiger partial charge in [-0.1, -0.05) is 0 Å². The summed E-state index contributed by atoms with van der Waals surface area (Å²) in [6, 6.07) is 7.45. The van der Waals surface area contributed by atoms with Crippen LogP contribution in [0.5, 0.6) is 0 Å². The maximum absolute atomic E-state index is 13.0. The van der Waals surface area contributed by atoms with E-state index in [1.807, 2.05) is 12.1 Å². The van der Waals surface area contributed by atoms with E-state index in [0.29, 0.717) is 12.6 Å². The summed E-state index contributed by atoms with van der Waals surface area (Å²) in [4.78, 5) is 19.0. The lowest BCUT2D eigenvalue weighted by molar-refractivity contribution is -0.122. The van der Waals surface area contributed by atoms with Crippen molar-refractivity contribution < 1.29 is 9.18 Å². The molecule has 0 saturated carbocycles. The van der Waals surface area contributed by atoms with Crippen LogP contribution in [-0.2, 0) is 4.79 Å². The third-order valence-corrected chi connectivity index (χ3v) is 5.40. The average Bonchev–Trinajstić information content (AvgIpc) is 3.05. The molecular formula is C19H29FN4O. The normalized spacial score (nSPS) is 22.6. The van der Waals surface area contributed by atoms with Gasteiger partial charge in [0.25, 0.3) is 0 Å². The molecule has 1 atom stereocenters. The molecule has 3 rings (SSSR count). The first-order valence-corrected chi connectivity index (χ1v) is 9.20. The molecule has 0 radical (unpaired) electrons. The molecule has 1 aromatic carbocycles. The van der Waals surface area contributed by atoms with Gasteiger partial charge in [-0.15, -0.1) is 0 Å². The Morgan fingerprint density at radius 2 is 1.84 bits per heavy atom. The number of benzene rings is 1. The van der Waals surface area contributed by atoms with Crippen LogP contribution in [-0.4, -0.2) is 74.6 Å². The van der Waals surface area contributed by atoms with Crippen molar-refractivity contribution in [1.29, 1.82) is 0 Å². The van der Waals surface area contributed by atoms with Gasteiger partial charge in [-0.3, -0.25) is 9.69 Å². The van der Waals surface area contributed by atoms with Gasteiger partial charge in [0.15, 0.2) is 0 Å². The van der Waals surface area contributed by atoms with Crippen LogP contribution < -0.4 is 10.2 Å². The Labute approximate surface area is 149 Å². The van der Waals surface area contributed by atoms with E-state index in [0.717, 1.165) is 51.1 Å². The Morgan fingerprint density at radius 1 is 1.16 bits per heavy atom. The van der Waals surface area contributed by atoms with E-state index in [-0.39, 0.29) is 17.8 Å². The van der Waals surface area contributed by atoms with Crippen LogP contribution in [0.1, 0.15) is 19.3 Å². The lowest BCUT2D eigenvalue weighted by Crippen LogP contribution is -2.47. The van der Waals surface area contributed by atoms with Crippen molar-refractivity contribution in [1.82, 2.24) is 15.1 Å². The Balaban J connectivity index is 1.40. The molecule has 2 aliphatic heterocycles. The standard InChI is InChI=1S/C19H29FN4O/c1-22(2)18-9-10-23(13-18)14-19(25)21-16-7-11-24(12-8-16)17-5-3-15(20)4-6-17/h3-6,16,18H,7-14H2,1-2H3,(H,21,25)/t18-/m0/s1. The van der Waals surface area contributed by atoms with Crippen LogP contribution in [0.25, 0.3) is 0 Å². The molecule has 2 saturated heterocycles. The molecule has 0 unspecified atom stereocenters. The molecule has 138 valence electrons. The van der Waals surface area contributed by atoms with E-state index in [1.165, 1.54) is 12.1 Å². The van der Waals surface area contributed by atoms with Gasteiger partial charge in [-0.05, 0) is 57.6 Å². The molecule has 6 heteroatoms. The second-order valence-electron chi connectivity index (χ2n) is 7.45. The maximum Gasteiger partial charge on any atom is 0.234 e. The monoisotopic (exact) mass is 348 g/mol. The minimum absolute atomic E-state index is 0.139. The van der Waals surface area contributed by atoms with Gasteiger partial charge < -0.3 is 15.1 Å². The number of likely N-dealkylation sites (N-methyl/N-ethyl adjacent to an activating group) is 1. The Bertz CT molecular complexity index is 569. The number of hydrogen-bond donors (Lipinski definition) is 1. The van der Waals surface area contributed by atoms with Gasteiger partial charge in [0.2, 0.25) is 5.91 Å². The van der Waals surface area contributed by atoms with Gasteiger partial charge in [0, 0.05) is 44.0 Å². The van der Waals surface area contributed by atoms with Crippen LogP contribution >= 0.6 is 0 Å². The molecule has 2 fully saturated rings. The molecule has 1 aromatic rings. The Kier molecular flexibility index (Phi) is 5.91. The molecule has 0 bridgehead atoms.